The van der Waals surface area contributed by atoms with Gasteiger partial charge in [-0.25, -0.2) is 4.98 Å². The molecule has 8 heteroatoms. The lowest BCUT2D eigenvalue weighted by molar-refractivity contribution is -0.129. The second kappa shape index (κ2) is 10.4. The maximum atomic E-state index is 13.4. The molecule has 3 aliphatic carbocycles. The van der Waals surface area contributed by atoms with Crippen molar-refractivity contribution in [2.24, 2.45) is 23.2 Å². The second-order valence-corrected chi connectivity index (χ2v) is 13.3. The highest BCUT2D eigenvalue weighted by molar-refractivity contribution is 7.15. The zero-order valence-corrected chi connectivity index (χ0v) is 23.3. The first-order chi connectivity index (χ1) is 18.3. The molecule has 0 radical (unpaired) electrons. The van der Waals surface area contributed by atoms with E-state index in [2.05, 4.69) is 28.2 Å². The lowest BCUT2D eigenvalue weighted by Gasteiger charge is -2.50. The van der Waals surface area contributed by atoms with Gasteiger partial charge < -0.3 is 15.2 Å². The van der Waals surface area contributed by atoms with E-state index in [0.29, 0.717) is 47.3 Å². The van der Waals surface area contributed by atoms with Crippen molar-refractivity contribution < 1.29 is 19.4 Å². The predicted octanol–water partition coefficient (Wildman–Crippen LogP) is 5.06. The summed E-state index contributed by atoms with van der Waals surface area (Å²) in [6.07, 6.45) is 7.47. The van der Waals surface area contributed by atoms with Crippen molar-refractivity contribution in [3.05, 3.63) is 39.9 Å². The highest BCUT2D eigenvalue weighted by Gasteiger charge is 2.58. The van der Waals surface area contributed by atoms with Crippen LogP contribution in [0.3, 0.4) is 0 Å². The molecule has 2 aromatic rings. The van der Waals surface area contributed by atoms with E-state index in [-0.39, 0.29) is 17.2 Å². The van der Waals surface area contributed by atoms with Gasteiger partial charge in [0.1, 0.15) is 11.5 Å². The fourth-order valence-electron chi connectivity index (χ4n) is 8.02. The Kier molecular flexibility index (Phi) is 7.08. The zero-order chi connectivity index (χ0) is 26.4. The number of morpholine rings is 1. The van der Waals surface area contributed by atoms with Gasteiger partial charge in [0.25, 0.3) is 0 Å². The number of fused-ring (bicyclic) bond motifs is 5. The molecule has 0 spiro atoms. The molecule has 1 saturated heterocycles. The minimum atomic E-state index is -0.278. The highest BCUT2D eigenvalue weighted by Crippen LogP contribution is 2.62. The number of ketones is 1. The van der Waals surface area contributed by atoms with Gasteiger partial charge in [0.2, 0.25) is 5.91 Å². The van der Waals surface area contributed by atoms with Crippen LogP contribution in [0.2, 0.25) is 0 Å². The van der Waals surface area contributed by atoms with Crippen molar-refractivity contribution in [2.45, 2.75) is 71.3 Å². The Hall–Kier alpha value is -2.29. The lowest BCUT2D eigenvalue weighted by atomic mass is 9.54. The van der Waals surface area contributed by atoms with Crippen molar-refractivity contribution in [1.82, 2.24) is 9.88 Å². The summed E-state index contributed by atoms with van der Waals surface area (Å²) in [5.41, 5.74) is 3.39. The van der Waals surface area contributed by atoms with Gasteiger partial charge >= 0.3 is 0 Å². The summed E-state index contributed by atoms with van der Waals surface area (Å²) in [6, 6.07) is 4.28. The van der Waals surface area contributed by atoms with Crippen LogP contribution in [0, 0.1) is 30.1 Å². The molecule has 6 rings (SSSR count). The molecular formula is C30H39N3O4S. The first-order valence-corrected chi connectivity index (χ1v) is 15.0. The largest absolute Gasteiger partial charge is 0.508 e. The number of ether oxygens (including phenoxy) is 1. The van der Waals surface area contributed by atoms with Gasteiger partial charge in [0, 0.05) is 54.5 Å². The third kappa shape index (κ3) is 4.80. The number of phenolic OH excluding ortho intramolecular Hbond substituents is 1. The predicted molar refractivity (Wildman–Crippen MR) is 147 cm³/mol. The fraction of sp³-hybridized carbons (Fsp3) is 0.633. The number of aromatic hydroxyl groups is 1. The van der Waals surface area contributed by atoms with E-state index in [0.717, 1.165) is 75.4 Å². The van der Waals surface area contributed by atoms with Crippen LogP contribution >= 0.6 is 11.3 Å². The van der Waals surface area contributed by atoms with Crippen molar-refractivity contribution in [3.63, 3.8) is 0 Å². The van der Waals surface area contributed by atoms with Gasteiger partial charge in [-0.1, -0.05) is 13.0 Å². The van der Waals surface area contributed by atoms with Crippen LogP contribution in [0.1, 0.15) is 72.9 Å². The second-order valence-electron chi connectivity index (χ2n) is 12.1. The first kappa shape index (κ1) is 26.0. The molecule has 1 aromatic heterocycles. The Bertz CT molecular complexity index is 1220. The zero-order valence-electron chi connectivity index (χ0n) is 22.5. The molecule has 3 fully saturated rings. The van der Waals surface area contributed by atoms with Crippen LogP contribution in [-0.2, 0) is 27.3 Å². The standard InChI is InChI=1S/C30H39N3O4S/c1-18-16-31-29(38-18)32-27(36)6-4-20-15-26(35)30(2)8-7-22-23(28(20)30)5-3-19-14-25(34)21(13-24(19)22)17-33-9-11-37-12-10-33/h13-14,16,20,22-23,28,34H,3-12,15,17H2,1-2H3,(H,31,32,36). The normalized spacial score (nSPS) is 30.9. The van der Waals surface area contributed by atoms with Gasteiger partial charge in [-0.05, 0) is 79.9 Å². The molecule has 38 heavy (non-hydrogen) atoms. The molecule has 2 N–H and O–H groups in total. The number of hydrogen-bond donors (Lipinski definition) is 2. The number of amides is 1. The van der Waals surface area contributed by atoms with E-state index in [4.69, 9.17) is 4.74 Å². The lowest BCUT2D eigenvalue weighted by Crippen LogP contribution is -2.44. The molecule has 2 heterocycles. The third-order valence-electron chi connectivity index (χ3n) is 9.88. The summed E-state index contributed by atoms with van der Waals surface area (Å²) in [4.78, 5) is 33.8. The number of rotatable bonds is 6. The number of aryl methyl sites for hydroxylation is 2. The number of hydrogen-bond acceptors (Lipinski definition) is 7. The minimum absolute atomic E-state index is 0.00928. The van der Waals surface area contributed by atoms with E-state index in [1.165, 1.54) is 22.5 Å². The van der Waals surface area contributed by atoms with Gasteiger partial charge in [-0.3, -0.25) is 14.5 Å². The van der Waals surface area contributed by atoms with Crippen molar-refractivity contribution >= 4 is 28.2 Å². The quantitative estimate of drug-likeness (QED) is 0.535. The molecule has 5 atom stereocenters. The van der Waals surface area contributed by atoms with E-state index >= 15 is 0 Å². The number of carbonyl (C=O) groups is 2. The van der Waals surface area contributed by atoms with Gasteiger partial charge in [-0.15, -0.1) is 11.3 Å². The fourth-order valence-corrected chi connectivity index (χ4v) is 8.70. The summed E-state index contributed by atoms with van der Waals surface area (Å²) < 4.78 is 5.50. The molecule has 1 aromatic carbocycles. The van der Waals surface area contributed by atoms with E-state index in [9.17, 15) is 14.7 Å². The molecule has 0 bridgehead atoms. The molecule has 5 unspecified atom stereocenters. The van der Waals surface area contributed by atoms with Crippen LogP contribution < -0.4 is 5.32 Å². The summed E-state index contributed by atoms with van der Waals surface area (Å²) in [5.74, 6) is 2.22. The van der Waals surface area contributed by atoms with Crippen LogP contribution in [0.4, 0.5) is 5.13 Å². The Morgan fingerprint density at radius 2 is 2.11 bits per heavy atom. The number of carbonyl (C=O) groups excluding carboxylic acids is 2. The van der Waals surface area contributed by atoms with Crippen LogP contribution in [0.15, 0.2) is 18.3 Å². The van der Waals surface area contributed by atoms with E-state index in [1.807, 2.05) is 13.0 Å². The maximum absolute atomic E-state index is 13.4. The van der Waals surface area contributed by atoms with Crippen molar-refractivity contribution in [2.75, 3.05) is 31.6 Å². The topological polar surface area (TPSA) is 91.8 Å². The van der Waals surface area contributed by atoms with Gasteiger partial charge in [0.15, 0.2) is 5.13 Å². The SMILES string of the molecule is Cc1cnc(NC(=O)CCC2CC(=O)C3(C)CCC4c5cc(CN6CCOCC6)c(O)cc5CCC4C23)s1. The highest BCUT2D eigenvalue weighted by atomic mass is 32.1. The molecule has 7 nitrogen and oxygen atoms in total. The number of Topliss-reactive ketones (excluding diaryl/α,β-unsaturated/α-hetero) is 1. The number of benzene rings is 1. The van der Waals surface area contributed by atoms with E-state index < -0.39 is 0 Å². The minimum Gasteiger partial charge on any atom is -0.508 e. The summed E-state index contributed by atoms with van der Waals surface area (Å²) in [7, 11) is 0. The maximum Gasteiger partial charge on any atom is 0.226 e. The smallest absolute Gasteiger partial charge is 0.226 e. The van der Waals surface area contributed by atoms with Crippen molar-refractivity contribution in [3.8, 4) is 5.75 Å². The Balaban J connectivity index is 1.20. The first-order valence-electron chi connectivity index (χ1n) is 14.2. The summed E-state index contributed by atoms with van der Waals surface area (Å²) in [6.45, 7) is 8.19. The summed E-state index contributed by atoms with van der Waals surface area (Å²) in [5, 5.41) is 14.4. The van der Waals surface area contributed by atoms with Gasteiger partial charge in [0.05, 0.1) is 13.2 Å². The number of thiazole rings is 1. The Labute approximate surface area is 229 Å². The van der Waals surface area contributed by atoms with Crippen LogP contribution in [0.5, 0.6) is 5.75 Å². The number of nitrogens with one attached hydrogen (secondary N) is 1. The third-order valence-corrected chi connectivity index (χ3v) is 10.7. The molecule has 1 aliphatic heterocycles. The Morgan fingerprint density at radius 3 is 2.87 bits per heavy atom. The van der Waals surface area contributed by atoms with Crippen LogP contribution in [0.25, 0.3) is 0 Å². The van der Waals surface area contributed by atoms with Crippen LogP contribution in [-0.4, -0.2) is 53.0 Å². The molecular weight excluding hydrogens is 498 g/mol. The molecule has 1 amide bonds. The summed E-state index contributed by atoms with van der Waals surface area (Å²) >= 11 is 1.49. The van der Waals surface area contributed by atoms with E-state index in [1.54, 1.807) is 6.20 Å². The average Bonchev–Trinajstić information content (AvgIpc) is 3.42. The van der Waals surface area contributed by atoms with Gasteiger partial charge in [-0.2, -0.15) is 0 Å². The monoisotopic (exact) mass is 537 g/mol. The molecule has 204 valence electrons. The molecule has 4 aliphatic rings. The van der Waals surface area contributed by atoms with Crippen molar-refractivity contribution in [1.29, 1.82) is 0 Å². The molecule has 2 saturated carbocycles. The number of phenols is 1. The number of anilines is 1. The number of nitrogens with zero attached hydrogens (tertiary/aromatic N) is 2. The average molecular weight is 538 g/mol. The Morgan fingerprint density at radius 1 is 1.29 bits per heavy atom. The number of aromatic nitrogens is 1.